The van der Waals surface area contributed by atoms with Gasteiger partial charge in [0.1, 0.15) is 0 Å². The Labute approximate surface area is 141 Å². The van der Waals surface area contributed by atoms with Crippen molar-refractivity contribution in [1.29, 1.82) is 0 Å². The molecule has 3 aromatic rings. The zero-order chi connectivity index (χ0) is 16.2. The van der Waals surface area contributed by atoms with E-state index in [-0.39, 0.29) is 11.7 Å². The normalized spacial score (nSPS) is 10.7. The molecule has 0 spiro atoms. The van der Waals surface area contributed by atoms with Crippen LogP contribution in [0.5, 0.6) is 0 Å². The molecule has 0 saturated heterocycles. The van der Waals surface area contributed by atoms with Gasteiger partial charge in [-0.3, -0.25) is 4.79 Å². The van der Waals surface area contributed by atoms with Crippen LogP contribution in [0.4, 0.5) is 5.13 Å². The molecule has 0 fully saturated rings. The van der Waals surface area contributed by atoms with Gasteiger partial charge in [-0.05, 0) is 35.9 Å². The summed E-state index contributed by atoms with van der Waals surface area (Å²) in [5.74, 6) is 0.0777. The Hall–Kier alpha value is -2.26. The third-order valence-electron chi connectivity index (χ3n) is 2.98. The number of anilines is 1. The molecule has 0 atom stereocenters. The Kier molecular flexibility index (Phi) is 4.68. The molecule has 0 radical (unpaired) electrons. The Morgan fingerprint density at radius 3 is 2.91 bits per heavy atom. The highest BCUT2D eigenvalue weighted by Gasteiger charge is 2.13. The van der Waals surface area contributed by atoms with Gasteiger partial charge in [0.2, 0.25) is 11.1 Å². The van der Waals surface area contributed by atoms with Crippen molar-refractivity contribution in [1.82, 2.24) is 25.2 Å². The maximum absolute atomic E-state index is 12.0. The van der Waals surface area contributed by atoms with Crippen molar-refractivity contribution in [2.24, 2.45) is 0 Å². The predicted octanol–water partition coefficient (Wildman–Crippen LogP) is 2.47. The van der Waals surface area contributed by atoms with Gasteiger partial charge in [0.25, 0.3) is 0 Å². The number of benzene rings is 1. The summed E-state index contributed by atoms with van der Waals surface area (Å²) in [6.07, 6.45) is 0. The number of hydrogen-bond donors (Lipinski definition) is 1. The molecule has 2 heterocycles. The molecular formula is C14H14N6OS2. The topological polar surface area (TPSA) is 85.6 Å². The number of thioether (sulfide) groups is 1. The molecule has 9 heteroatoms. The fraction of sp³-hybridized carbons (Fsp3) is 0.214. The highest BCUT2D eigenvalue weighted by Crippen LogP contribution is 2.21. The van der Waals surface area contributed by atoms with Crippen LogP contribution in [0.2, 0.25) is 0 Å². The highest BCUT2D eigenvalue weighted by atomic mass is 32.2. The molecule has 0 bridgehead atoms. The SMILES string of the molecule is Cc1csc(NC(=O)CSc2nnnn2-c2ccccc2C)n1. The second-order valence-corrected chi connectivity index (χ2v) is 6.59. The Balaban J connectivity index is 1.66. The smallest absolute Gasteiger partial charge is 0.236 e. The van der Waals surface area contributed by atoms with Gasteiger partial charge in [-0.15, -0.1) is 16.4 Å². The number of nitrogens with zero attached hydrogens (tertiary/aromatic N) is 5. The third kappa shape index (κ3) is 3.74. The minimum Gasteiger partial charge on any atom is -0.301 e. The molecule has 1 N–H and O–H groups in total. The van der Waals surface area contributed by atoms with E-state index in [4.69, 9.17) is 0 Å². The van der Waals surface area contributed by atoms with Crippen LogP contribution in [-0.2, 0) is 4.79 Å². The maximum atomic E-state index is 12.0. The van der Waals surface area contributed by atoms with Crippen LogP contribution in [0.15, 0.2) is 34.8 Å². The fourth-order valence-electron chi connectivity index (χ4n) is 1.92. The Morgan fingerprint density at radius 2 is 2.17 bits per heavy atom. The highest BCUT2D eigenvalue weighted by molar-refractivity contribution is 7.99. The van der Waals surface area contributed by atoms with E-state index in [2.05, 4.69) is 25.8 Å². The number of amides is 1. The van der Waals surface area contributed by atoms with Crippen LogP contribution in [0.25, 0.3) is 5.69 Å². The lowest BCUT2D eigenvalue weighted by molar-refractivity contribution is -0.113. The molecule has 23 heavy (non-hydrogen) atoms. The summed E-state index contributed by atoms with van der Waals surface area (Å²) in [5.41, 5.74) is 2.85. The molecule has 1 aromatic carbocycles. The van der Waals surface area contributed by atoms with E-state index in [0.29, 0.717) is 10.3 Å². The first-order chi connectivity index (χ1) is 11.1. The first-order valence-corrected chi connectivity index (χ1v) is 8.69. The number of aromatic nitrogens is 5. The van der Waals surface area contributed by atoms with Gasteiger partial charge in [0.05, 0.1) is 17.1 Å². The average Bonchev–Trinajstić information content (AvgIpc) is 3.15. The quantitative estimate of drug-likeness (QED) is 0.714. The van der Waals surface area contributed by atoms with Gasteiger partial charge in [-0.25, -0.2) is 4.98 Å². The van der Waals surface area contributed by atoms with Crippen molar-refractivity contribution in [2.45, 2.75) is 19.0 Å². The van der Waals surface area contributed by atoms with Crippen LogP contribution in [0.3, 0.4) is 0 Å². The Morgan fingerprint density at radius 1 is 1.35 bits per heavy atom. The largest absolute Gasteiger partial charge is 0.301 e. The lowest BCUT2D eigenvalue weighted by atomic mass is 10.2. The van der Waals surface area contributed by atoms with Gasteiger partial charge >= 0.3 is 0 Å². The first-order valence-electron chi connectivity index (χ1n) is 6.82. The maximum Gasteiger partial charge on any atom is 0.236 e. The van der Waals surface area contributed by atoms with Crippen molar-refractivity contribution in [3.05, 3.63) is 40.9 Å². The zero-order valence-corrected chi connectivity index (χ0v) is 14.2. The molecule has 0 saturated carbocycles. The van der Waals surface area contributed by atoms with E-state index in [1.807, 2.05) is 43.5 Å². The van der Waals surface area contributed by atoms with E-state index in [1.54, 1.807) is 4.68 Å². The molecule has 7 nitrogen and oxygen atoms in total. The van der Waals surface area contributed by atoms with Gasteiger partial charge in [0, 0.05) is 5.38 Å². The minimum absolute atomic E-state index is 0.135. The lowest BCUT2D eigenvalue weighted by Crippen LogP contribution is -2.14. The molecule has 2 aromatic heterocycles. The van der Waals surface area contributed by atoms with Crippen LogP contribution >= 0.6 is 23.1 Å². The summed E-state index contributed by atoms with van der Waals surface area (Å²) in [7, 11) is 0. The fourth-order valence-corrected chi connectivity index (χ4v) is 3.31. The minimum atomic E-state index is -0.135. The van der Waals surface area contributed by atoms with Gasteiger partial charge < -0.3 is 5.32 Å². The molecule has 118 valence electrons. The molecule has 0 unspecified atom stereocenters. The molecule has 0 aliphatic rings. The van der Waals surface area contributed by atoms with E-state index < -0.39 is 0 Å². The zero-order valence-electron chi connectivity index (χ0n) is 12.6. The van der Waals surface area contributed by atoms with Gasteiger partial charge in [0.15, 0.2) is 5.13 Å². The van der Waals surface area contributed by atoms with Crippen LogP contribution < -0.4 is 5.32 Å². The Bertz CT molecular complexity index is 828. The second-order valence-electron chi connectivity index (χ2n) is 4.79. The first kappa shape index (κ1) is 15.6. The van der Waals surface area contributed by atoms with Crippen molar-refractivity contribution in [3.8, 4) is 5.69 Å². The third-order valence-corrected chi connectivity index (χ3v) is 4.78. The second kappa shape index (κ2) is 6.88. The number of hydrogen-bond acceptors (Lipinski definition) is 7. The van der Waals surface area contributed by atoms with E-state index in [0.717, 1.165) is 16.9 Å². The van der Waals surface area contributed by atoms with Crippen molar-refractivity contribution in [3.63, 3.8) is 0 Å². The summed E-state index contributed by atoms with van der Waals surface area (Å²) in [4.78, 5) is 16.2. The number of carbonyl (C=O) groups excluding carboxylic acids is 1. The van der Waals surface area contributed by atoms with Crippen molar-refractivity contribution in [2.75, 3.05) is 11.1 Å². The number of thiazole rings is 1. The number of nitrogens with one attached hydrogen (secondary N) is 1. The monoisotopic (exact) mass is 346 g/mol. The summed E-state index contributed by atoms with van der Waals surface area (Å²) in [5, 5.41) is 17.5. The molecular weight excluding hydrogens is 332 g/mol. The summed E-state index contributed by atoms with van der Waals surface area (Å²) < 4.78 is 1.64. The predicted molar refractivity (Wildman–Crippen MR) is 90.1 cm³/mol. The number of tetrazole rings is 1. The molecule has 3 rings (SSSR count). The molecule has 1 amide bonds. The van der Waals surface area contributed by atoms with Crippen molar-refractivity contribution >= 4 is 34.1 Å². The van der Waals surface area contributed by atoms with E-state index in [1.165, 1.54) is 23.1 Å². The summed E-state index contributed by atoms with van der Waals surface area (Å²) in [6, 6.07) is 7.81. The number of rotatable bonds is 5. The number of carbonyl (C=O) groups is 1. The summed E-state index contributed by atoms with van der Waals surface area (Å²) >= 11 is 2.69. The van der Waals surface area contributed by atoms with Crippen LogP contribution in [-0.4, -0.2) is 36.9 Å². The average molecular weight is 346 g/mol. The van der Waals surface area contributed by atoms with Gasteiger partial charge in [-0.2, -0.15) is 4.68 Å². The number of para-hydroxylation sites is 1. The van der Waals surface area contributed by atoms with Crippen LogP contribution in [0.1, 0.15) is 11.3 Å². The molecule has 0 aliphatic heterocycles. The van der Waals surface area contributed by atoms with E-state index in [9.17, 15) is 4.79 Å². The standard InChI is InChI=1S/C14H14N6OS2/c1-9-5-3-4-6-11(9)20-14(17-18-19-20)23-8-12(21)16-13-15-10(2)7-22-13/h3-7H,8H2,1-2H3,(H,15,16,21). The lowest BCUT2D eigenvalue weighted by Gasteiger charge is -2.06. The van der Waals surface area contributed by atoms with Crippen LogP contribution in [0, 0.1) is 13.8 Å². The van der Waals surface area contributed by atoms with Gasteiger partial charge in [-0.1, -0.05) is 30.0 Å². The van der Waals surface area contributed by atoms with Crippen molar-refractivity contribution < 1.29 is 4.79 Å². The summed E-state index contributed by atoms with van der Waals surface area (Å²) in [6.45, 7) is 3.88. The molecule has 0 aliphatic carbocycles. The number of aryl methyl sites for hydroxylation is 2. The van der Waals surface area contributed by atoms with E-state index >= 15 is 0 Å².